The van der Waals surface area contributed by atoms with E-state index in [0.717, 1.165) is 49.7 Å². The molecule has 7 nitrogen and oxygen atoms in total. The molecule has 122 valence electrons. The van der Waals surface area contributed by atoms with Gasteiger partial charge in [-0.1, -0.05) is 0 Å². The molecule has 0 radical (unpaired) electrons. The Morgan fingerprint density at radius 2 is 1.61 bits per heavy atom. The Morgan fingerprint density at radius 3 is 2.26 bits per heavy atom. The number of nitrogens with one attached hydrogen (secondary N) is 3. The average molecular weight is 317 g/mol. The lowest BCUT2D eigenvalue weighted by Gasteiger charge is -2.17. The second-order valence-corrected chi connectivity index (χ2v) is 6.00. The monoisotopic (exact) mass is 317 g/mol. The molecular formula is C16H19N3O4. The first-order valence-electron chi connectivity index (χ1n) is 7.80. The molecule has 3 amide bonds. The number of aryl methyl sites for hydroxylation is 2. The van der Waals surface area contributed by atoms with Crippen LogP contribution in [0.5, 0.6) is 5.75 Å². The van der Waals surface area contributed by atoms with E-state index in [0.29, 0.717) is 0 Å². The van der Waals surface area contributed by atoms with E-state index < -0.39 is 17.7 Å². The maximum Gasteiger partial charge on any atom is 0.327 e. The summed E-state index contributed by atoms with van der Waals surface area (Å²) in [4.78, 5) is 35.1. The number of fused-ring (bicyclic) bond motifs is 1. The van der Waals surface area contributed by atoms with Crippen molar-refractivity contribution < 1.29 is 19.5 Å². The van der Waals surface area contributed by atoms with Crippen LogP contribution in [0, 0.1) is 0 Å². The standard InChI is InChI=1S/C16H19N3O4/c20-13-8-10-4-2-1-3-9(10)7-12(13)14(21)18-19-16(23)15(22)17-11-5-6-11/h7-8,11,20H,1-6H2,(H,17,22)(H,18,21)(H,19,23). The summed E-state index contributed by atoms with van der Waals surface area (Å²) in [6.45, 7) is 0. The lowest BCUT2D eigenvalue weighted by molar-refractivity contribution is -0.139. The van der Waals surface area contributed by atoms with Crippen molar-refractivity contribution in [1.82, 2.24) is 16.2 Å². The van der Waals surface area contributed by atoms with Gasteiger partial charge in [-0.15, -0.1) is 0 Å². The van der Waals surface area contributed by atoms with Gasteiger partial charge >= 0.3 is 11.8 Å². The van der Waals surface area contributed by atoms with Crippen LogP contribution in [-0.4, -0.2) is 28.9 Å². The molecule has 0 unspecified atom stereocenters. The second-order valence-electron chi connectivity index (χ2n) is 6.00. The zero-order valence-electron chi connectivity index (χ0n) is 12.6. The quantitative estimate of drug-likeness (QED) is 0.465. The van der Waals surface area contributed by atoms with Crippen LogP contribution in [0.15, 0.2) is 12.1 Å². The first kappa shape index (κ1) is 15.3. The third-order valence-corrected chi connectivity index (χ3v) is 4.11. The van der Waals surface area contributed by atoms with Gasteiger partial charge in [0.15, 0.2) is 0 Å². The molecule has 0 saturated heterocycles. The number of phenols is 1. The van der Waals surface area contributed by atoms with Crippen molar-refractivity contribution >= 4 is 17.7 Å². The van der Waals surface area contributed by atoms with Gasteiger partial charge in [-0.05, 0) is 61.8 Å². The molecule has 7 heteroatoms. The highest BCUT2D eigenvalue weighted by Gasteiger charge is 2.26. The predicted molar refractivity (Wildman–Crippen MR) is 81.5 cm³/mol. The maximum absolute atomic E-state index is 12.1. The van der Waals surface area contributed by atoms with E-state index >= 15 is 0 Å². The molecule has 2 aliphatic rings. The number of hydrazine groups is 1. The molecule has 1 aromatic carbocycles. The van der Waals surface area contributed by atoms with Gasteiger partial charge < -0.3 is 10.4 Å². The molecule has 2 aliphatic carbocycles. The zero-order chi connectivity index (χ0) is 16.4. The molecular weight excluding hydrogens is 298 g/mol. The molecule has 0 aliphatic heterocycles. The summed E-state index contributed by atoms with van der Waals surface area (Å²) in [5, 5.41) is 12.5. The third kappa shape index (κ3) is 3.61. The molecule has 0 heterocycles. The van der Waals surface area contributed by atoms with E-state index in [2.05, 4.69) is 16.2 Å². The molecule has 3 rings (SSSR count). The first-order chi connectivity index (χ1) is 11.0. The van der Waals surface area contributed by atoms with Crippen LogP contribution < -0.4 is 16.2 Å². The number of rotatable bonds is 2. The minimum atomic E-state index is -0.928. The highest BCUT2D eigenvalue weighted by molar-refractivity contribution is 6.35. The number of hydrogen-bond acceptors (Lipinski definition) is 4. The lowest BCUT2D eigenvalue weighted by Crippen LogP contribution is -2.49. The smallest absolute Gasteiger partial charge is 0.327 e. The molecule has 0 spiro atoms. The van der Waals surface area contributed by atoms with Gasteiger partial charge in [-0.2, -0.15) is 0 Å². The van der Waals surface area contributed by atoms with Crippen LogP contribution in [0.2, 0.25) is 0 Å². The largest absolute Gasteiger partial charge is 0.507 e. The fraction of sp³-hybridized carbons (Fsp3) is 0.438. The van der Waals surface area contributed by atoms with Gasteiger partial charge in [0.05, 0.1) is 5.56 Å². The van der Waals surface area contributed by atoms with Crippen LogP contribution in [0.4, 0.5) is 0 Å². The third-order valence-electron chi connectivity index (χ3n) is 4.11. The SMILES string of the molecule is O=C(NNC(=O)c1cc2c(cc1O)CCCC2)C(=O)NC1CC1. The number of benzene rings is 1. The van der Waals surface area contributed by atoms with Crippen molar-refractivity contribution in [2.24, 2.45) is 0 Å². The van der Waals surface area contributed by atoms with Crippen molar-refractivity contribution in [2.45, 2.75) is 44.6 Å². The number of hydrogen-bond donors (Lipinski definition) is 4. The second kappa shape index (κ2) is 6.28. The molecule has 1 aromatic rings. The van der Waals surface area contributed by atoms with Crippen molar-refractivity contribution in [3.8, 4) is 5.75 Å². The number of carbonyl (C=O) groups is 3. The van der Waals surface area contributed by atoms with E-state index in [9.17, 15) is 19.5 Å². The Hall–Kier alpha value is -2.57. The van der Waals surface area contributed by atoms with Crippen LogP contribution in [0.25, 0.3) is 0 Å². The van der Waals surface area contributed by atoms with Gasteiger partial charge in [-0.25, -0.2) is 0 Å². The summed E-state index contributed by atoms with van der Waals surface area (Å²) < 4.78 is 0. The number of phenolic OH excluding ortho intramolecular Hbond substituents is 1. The molecule has 0 bridgehead atoms. The van der Waals surface area contributed by atoms with Gasteiger partial charge in [-0.3, -0.25) is 25.2 Å². The van der Waals surface area contributed by atoms with Gasteiger partial charge in [0.2, 0.25) is 0 Å². The number of aromatic hydroxyl groups is 1. The van der Waals surface area contributed by atoms with Gasteiger partial charge in [0.1, 0.15) is 5.75 Å². The average Bonchev–Trinajstić information content (AvgIpc) is 3.35. The molecule has 0 atom stereocenters. The molecule has 23 heavy (non-hydrogen) atoms. The minimum Gasteiger partial charge on any atom is -0.507 e. The van der Waals surface area contributed by atoms with Crippen LogP contribution in [0.3, 0.4) is 0 Å². The van der Waals surface area contributed by atoms with Gasteiger partial charge in [0.25, 0.3) is 5.91 Å². The highest BCUT2D eigenvalue weighted by Crippen LogP contribution is 2.28. The van der Waals surface area contributed by atoms with Crippen molar-refractivity contribution in [2.75, 3.05) is 0 Å². The summed E-state index contributed by atoms with van der Waals surface area (Å²) in [6.07, 6.45) is 5.62. The first-order valence-corrected chi connectivity index (χ1v) is 7.80. The normalized spacial score (nSPS) is 16.2. The number of amides is 3. The topological polar surface area (TPSA) is 108 Å². The Kier molecular flexibility index (Phi) is 4.18. The minimum absolute atomic E-state index is 0.0636. The Labute approximate surface area is 133 Å². The fourth-order valence-corrected chi connectivity index (χ4v) is 2.67. The van der Waals surface area contributed by atoms with E-state index in [4.69, 9.17) is 0 Å². The summed E-state index contributed by atoms with van der Waals surface area (Å²) in [5.41, 5.74) is 6.41. The maximum atomic E-state index is 12.1. The van der Waals surface area contributed by atoms with E-state index in [-0.39, 0.29) is 17.4 Å². The highest BCUT2D eigenvalue weighted by atomic mass is 16.3. The van der Waals surface area contributed by atoms with E-state index in [1.165, 1.54) is 0 Å². The summed E-state index contributed by atoms with van der Waals surface area (Å²) in [5.74, 6) is -2.48. The Bertz CT molecular complexity index is 668. The summed E-state index contributed by atoms with van der Waals surface area (Å²) in [7, 11) is 0. The summed E-state index contributed by atoms with van der Waals surface area (Å²) >= 11 is 0. The zero-order valence-corrected chi connectivity index (χ0v) is 12.6. The van der Waals surface area contributed by atoms with Crippen LogP contribution >= 0.6 is 0 Å². The van der Waals surface area contributed by atoms with Crippen LogP contribution in [0.1, 0.15) is 47.2 Å². The van der Waals surface area contributed by atoms with Crippen molar-refractivity contribution in [1.29, 1.82) is 0 Å². The molecule has 1 saturated carbocycles. The molecule has 0 aromatic heterocycles. The van der Waals surface area contributed by atoms with E-state index in [1.807, 2.05) is 0 Å². The molecule has 1 fully saturated rings. The lowest BCUT2D eigenvalue weighted by atomic mass is 9.90. The van der Waals surface area contributed by atoms with Crippen molar-refractivity contribution in [3.63, 3.8) is 0 Å². The Morgan fingerprint density at radius 1 is 0.957 bits per heavy atom. The summed E-state index contributed by atoms with van der Waals surface area (Å²) in [6, 6.07) is 3.31. The predicted octanol–water partition coefficient (Wildman–Crippen LogP) is 0.311. The van der Waals surface area contributed by atoms with E-state index in [1.54, 1.807) is 12.1 Å². The number of carbonyl (C=O) groups excluding carboxylic acids is 3. The van der Waals surface area contributed by atoms with Crippen molar-refractivity contribution in [3.05, 3.63) is 28.8 Å². The molecule has 4 N–H and O–H groups in total. The fourth-order valence-electron chi connectivity index (χ4n) is 2.67. The Balaban J connectivity index is 1.61. The van der Waals surface area contributed by atoms with Gasteiger partial charge in [0, 0.05) is 6.04 Å². The van der Waals surface area contributed by atoms with Crippen LogP contribution in [-0.2, 0) is 22.4 Å².